The molecule has 0 saturated carbocycles. The van der Waals surface area contributed by atoms with Crippen LogP contribution in [0.3, 0.4) is 0 Å². The predicted molar refractivity (Wildman–Crippen MR) is 59.2 cm³/mol. The third kappa shape index (κ3) is 2.35. The highest BCUT2D eigenvalue weighted by Crippen LogP contribution is 2.17. The molecule has 2 aromatic rings. The zero-order valence-electron chi connectivity index (χ0n) is 9.19. The van der Waals surface area contributed by atoms with Crippen LogP contribution in [0, 0.1) is 0 Å². The molecule has 0 fully saturated rings. The van der Waals surface area contributed by atoms with Gasteiger partial charge in [0.1, 0.15) is 6.26 Å². The summed E-state index contributed by atoms with van der Waals surface area (Å²) in [7, 11) is -3.46. The van der Waals surface area contributed by atoms with E-state index in [4.69, 9.17) is 10.2 Å². The van der Waals surface area contributed by atoms with Crippen LogP contribution in [0.4, 0.5) is 0 Å². The van der Waals surface area contributed by atoms with E-state index in [-0.39, 0.29) is 16.7 Å². The van der Waals surface area contributed by atoms with E-state index >= 15 is 0 Å². The van der Waals surface area contributed by atoms with Gasteiger partial charge in [0.2, 0.25) is 20.9 Å². The summed E-state index contributed by atoms with van der Waals surface area (Å²) in [4.78, 5) is 22.0. The van der Waals surface area contributed by atoms with E-state index in [9.17, 15) is 13.2 Å². The van der Waals surface area contributed by atoms with Gasteiger partial charge in [-0.25, -0.2) is 23.4 Å². The Bertz CT molecular complexity index is 690. The maximum absolute atomic E-state index is 11.1. The number of amides is 1. The number of rotatable bonds is 3. The van der Waals surface area contributed by atoms with Crippen LogP contribution in [-0.4, -0.2) is 35.5 Å². The van der Waals surface area contributed by atoms with Gasteiger partial charge in [-0.15, -0.1) is 0 Å². The molecule has 18 heavy (non-hydrogen) atoms. The van der Waals surface area contributed by atoms with Crippen molar-refractivity contribution in [2.45, 2.75) is 5.16 Å². The molecule has 0 saturated heterocycles. The summed E-state index contributed by atoms with van der Waals surface area (Å²) in [5, 5.41) is -0.298. The first-order valence-electron chi connectivity index (χ1n) is 4.66. The molecule has 0 unspecified atom stereocenters. The SMILES string of the molecule is CS(=O)(=O)c1ncc(-c2nc(C(N)=O)co2)cn1. The highest BCUT2D eigenvalue weighted by atomic mass is 32.2. The second-order valence-corrected chi connectivity index (χ2v) is 5.34. The Morgan fingerprint density at radius 1 is 1.33 bits per heavy atom. The fraction of sp³-hybridized carbons (Fsp3) is 0.111. The molecule has 94 valence electrons. The zero-order valence-corrected chi connectivity index (χ0v) is 10.0. The van der Waals surface area contributed by atoms with Gasteiger partial charge < -0.3 is 10.2 Å². The van der Waals surface area contributed by atoms with Gasteiger partial charge >= 0.3 is 0 Å². The van der Waals surface area contributed by atoms with Crippen LogP contribution in [0.1, 0.15) is 10.5 Å². The molecular weight excluding hydrogens is 260 g/mol. The van der Waals surface area contributed by atoms with Crippen LogP contribution < -0.4 is 5.73 Å². The van der Waals surface area contributed by atoms with Gasteiger partial charge in [0, 0.05) is 18.6 Å². The highest BCUT2D eigenvalue weighted by molar-refractivity contribution is 7.90. The predicted octanol–water partition coefficient (Wildman–Crippen LogP) is -0.366. The van der Waals surface area contributed by atoms with E-state index in [2.05, 4.69) is 15.0 Å². The van der Waals surface area contributed by atoms with E-state index < -0.39 is 15.7 Å². The van der Waals surface area contributed by atoms with E-state index in [1.54, 1.807) is 0 Å². The smallest absolute Gasteiger partial charge is 0.270 e. The van der Waals surface area contributed by atoms with Crippen molar-refractivity contribution in [1.82, 2.24) is 15.0 Å². The average molecular weight is 268 g/mol. The topological polar surface area (TPSA) is 129 Å². The quantitative estimate of drug-likeness (QED) is 0.752. The summed E-state index contributed by atoms with van der Waals surface area (Å²) in [6.45, 7) is 0. The first-order valence-corrected chi connectivity index (χ1v) is 6.55. The Hall–Kier alpha value is -2.29. The molecule has 1 amide bonds. The van der Waals surface area contributed by atoms with Crippen LogP contribution in [-0.2, 0) is 9.84 Å². The fourth-order valence-electron chi connectivity index (χ4n) is 1.14. The van der Waals surface area contributed by atoms with Crippen LogP contribution in [0.5, 0.6) is 0 Å². The van der Waals surface area contributed by atoms with Gasteiger partial charge in [0.05, 0.1) is 5.56 Å². The second-order valence-electron chi connectivity index (χ2n) is 3.43. The summed E-state index contributed by atoms with van der Waals surface area (Å²) in [5.41, 5.74) is 5.33. The molecule has 2 rings (SSSR count). The minimum atomic E-state index is -3.46. The lowest BCUT2D eigenvalue weighted by molar-refractivity contribution is 0.0995. The van der Waals surface area contributed by atoms with E-state index in [1.807, 2.05) is 0 Å². The lowest BCUT2D eigenvalue weighted by Gasteiger charge is -1.97. The van der Waals surface area contributed by atoms with E-state index in [1.165, 1.54) is 12.4 Å². The third-order valence-corrected chi connectivity index (χ3v) is 2.84. The standard InChI is InChI=1S/C9H8N4O4S/c1-18(15,16)9-11-2-5(3-12-9)8-13-6(4-17-8)7(10)14/h2-4H,1H3,(H2,10,14). The van der Waals surface area contributed by atoms with Crippen LogP contribution in [0.25, 0.3) is 11.5 Å². The first-order chi connectivity index (χ1) is 8.38. The Morgan fingerprint density at radius 2 is 1.94 bits per heavy atom. The van der Waals surface area contributed by atoms with Crippen molar-refractivity contribution in [2.24, 2.45) is 5.73 Å². The number of hydrogen-bond acceptors (Lipinski definition) is 7. The molecule has 0 radical (unpaired) electrons. The number of aromatic nitrogens is 3. The summed E-state index contributed by atoms with van der Waals surface area (Å²) in [5.74, 6) is -0.637. The lowest BCUT2D eigenvalue weighted by Crippen LogP contribution is -2.11. The Balaban J connectivity index is 2.37. The van der Waals surface area contributed by atoms with E-state index in [0.717, 1.165) is 12.5 Å². The molecule has 0 bridgehead atoms. The van der Waals surface area contributed by atoms with Crippen LogP contribution in [0.2, 0.25) is 0 Å². The summed E-state index contributed by atoms with van der Waals surface area (Å²) in [6, 6.07) is 0. The number of nitrogens with two attached hydrogens (primary N) is 1. The number of oxazole rings is 1. The Kier molecular flexibility index (Phi) is 2.83. The number of primary amides is 1. The number of carbonyl (C=O) groups excluding carboxylic acids is 1. The normalized spacial score (nSPS) is 11.4. The van der Waals surface area contributed by atoms with Gasteiger partial charge in [-0.3, -0.25) is 4.79 Å². The zero-order chi connectivity index (χ0) is 13.3. The first kappa shape index (κ1) is 12.2. The van der Waals surface area contributed by atoms with Crippen molar-refractivity contribution in [3.8, 4) is 11.5 Å². The van der Waals surface area contributed by atoms with Gasteiger partial charge in [-0.2, -0.15) is 0 Å². The third-order valence-electron chi connectivity index (χ3n) is 1.96. The molecule has 2 N–H and O–H groups in total. The van der Waals surface area contributed by atoms with Crippen molar-refractivity contribution < 1.29 is 17.6 Å². The summed E-state index contributed by atoms with van der Waals surface area (Å²) >= 11 is 0. The molecule has 0 spiro atoms. The molecule has 0 aliphatic heterocycles. The molecule has 0 aromatic carbocycles. The minimum absolute atomic E-state index is 0.0304. The lowest BCUT2D eigenvalue weighted by atomic mass is 10.3. The maximum Gasteiger partial charge on any atom is 0.270 e. The largest absolute Gasteiger partial charge is 0.444 e. The molecule has 8 nitrogen and oxygen atoms in total. The Labute approximate surface area is 102 Å². The Morgan fingerprint density at radius 3 is 2.39 bits per heavy atom. The molecule has 2 aromatic heterocycles. The van der Waals surface area contributed by atoms with Crippen molar-refractivity contribution in [2.75, 3.05) is 6.26 Å². The molecule has 0 aliphatic rings. The highest BCUT2D eigenvalue weighted by Gasteiger charge is 2.14. The van der Waals surface area contributed by atoms with Crippen molar-refractivity contribution >= 4 is 15.7 Å². The number of sulfone groups is 1. The van der Waals surface area contributed by atoms with Crippen molar-refractivity contribution in [1.29, 1.82) is 0 Å². The molecular formula is C9H8N4O4S. The number of nitrogens with zero attached hydrogens (tertiary/aromatic N) is 3. The molecule has 0 aliphatic carbocycles. The number of carbonyl (C=O) groups is 1. The van der Waals surface area contributed by atoms with E-state index in [0.29, 0.717) is 5.56 Å². The fourth-order valence-corrected chi connectivity index (χ4v) is 1.63. The summed E-state index contributed by atoms with van der Waals surface area (Å²) in [6.07, 6.45) is 4.57. The van der Waals surface area contributed by atoms with Gasteiger partial charge in [0.25, 0.3) is 5.91 Å². The monoisotopic (exact) mass is 268 g/mol. The van der Waals surface area contributed by atoms with Crippen LogP contribution >= 0.6 is 0 Å². The minimum Gasteiger partial charge on any atom is -0.444 e. The maximum atomic E-state index is 11.1. The average Bonchev–Trinajstić information content (AvgIpc) is 2.77. The van der Waals surface area contributed by atoms with Gasteiger partial charge in [0.15, 0.2) is 5.69 Å². The van der Waals surface area contributed by atoms with Gasteiger partial charge in [-0.05, 0) is 0 Å². The van der Waals surface area contributed by atoms with Crippen LogP contribution in [0.15, 0.2) is 28.2 Å². The van der Waals surface area contributed by atoms with Gasteiger partial charge in [-0.1, -0.05) is 0 Å². The number of hydrogen-bond donors (Lipinski definition) is 1. The summed E-state index contributed by atoms with van der Waals surface area (Å²) < 4.78 is 27.3. The molecule has 2 heterocycles. The van der Waals surface area contributed by atoms with Crippen molar-refractivity contribution in [3.05, 3.63) is 24.4 Å². The molecule has 0 atom stereocenters. The van der Waals surface area contributed by atoms with Crippen molar-refractivity contribution in [3.63, 3.8) is 0 Å². The molecule has 9 heteroatoms. The second kappa shape index (κ2) is 4.18.